The van der Waals surface area contributed by atoms with Crippen molar-refractivity contribution in [1.29, 1.82) is 0 Å². The molecule has 0 saturated carbocycles. The van der Waals surface area contributed by atoms with Crippen LogP contribution in [0.1, 0.15) is 38.2 Å². The third-order valence-corrected chi connectivity index (χ3v) is 4.44. The average Bonchev–Trinajstić information content (AvgIpc) is 3.22. The maximum Gasteiger partial charge on any atom is 0.232 e. The fraction of sp³-hybridized carbons (Fsp3) is 0.400. The van der Waals surface area contributed by atoms with Crippen molar-refractivity contribution < 1.29 is 14.3 Å². The van der Waals surface area contributed by atoms with Crippen LogP contribution in [0, 0.1) is 0 Å². The molecule has 0 radical (unpaired) electrons. The van der Waals surface area contributed by atoms with E-state index < -0.39 is 0 Å². The smallest absolute Gasteiger partial charge is 0.232 e. The summed E-state index contributed by atoms with van der Waals surface area (Å²) in [5, 5.41) is 5.30. The van der Waals surface area contributed by atoms with Gasteiger partial charge in [0.05, 0.1) is 0 Å². The number of ketones is 1. The topological polar surface area (TPSA) is 69.1 Å². The van der Waals surface area contributed by atoms with Crippen molar-refractivity contribution in [2.24, 2.45) is 7.05 Å². The molecule has 0 fully saturated rings. The van der Waals surface area contributed by atoms with Gasteiger partial charge in [0.2, 0.25) is 5.88 Å². The van der Waals surface area contributed by atoms with E-state index in [1.165, 1.54) is 5.56 Å². The number of nitrogens with one attached hydrogen (secondary N) is 1. The molecule has 0 aliphatic heterocycles. The van der Waals surface area contributed by atoms with Crippen molar-refractivity contribution in [2.75, 3.05) is 13.2 Å². The molecule has 0 saturated heterocycles. The fourth-order valence-electron chi connectivity index (χ4n) is 2.97. The first kappa shape index (κ1) is 18.0. The second-order valence-electron chi connectivity index (χ2n) is 6.62. The Morgan fingerprint density at radius 3 is 2.81 bits per heavy atom. The summed E-state index contributed by atoms with van der Waals surface area (Å²) in [6, 6.07) is 7.84. The Morgan fingerprint density at radius 1 is 1.27 bits per heavy atom. The van der Waals surface area contributed by atoms with Gasteiger partial charge in [-0.1, -0.05) is 6.92 Å². The standard InChI is InChI=1S/C20H25N3O3/c1-14(4-5-15(2)24)18-13-21-19-7-6-16(12-17(18)19)25-10-11-26-20-8-9-23(3)22-20/h6-9,12-14,21H,4-5,10-11H2,1-3H3. The van der Waals surface area contributed by atoms with Crippen molar-refractivity contribution in [2.45, 2.75) is 32.6 Å². The van der Waals surface area contributed by atoms with E-state index in [9.17, 15) is 4.79 Å². The summed E-state index contributed by atoms with van der Waals surface area (Å²) in [4.78, 5) is 14.5. The minimum Gasteiger partial charge on any atom is -0.490 e. The van der Waals surface area contributed by atoms with Crippen LogP contribution in [0.3, 0.4) is 0 Å². The summed E-state index contributed by atoms with van der Waals surface area (Å²) < 4.78 is 13.1. The van der Waals surface area contributed by atoms with Crippen LogP contribution in [-0.2, 0) is 11.8 Å². The zero-order chi connectivity index (χ0) is 18.5. The van der Waals surface area contributed by atoms with Gasteiger partial charge in [-0.25, -0.2) is 0 Å². The Kier molecular flexibility index (Phi) is 5.61. The maximum atomic E-state index is 11.2. The van der Waals surface area contributed by atoms with Crippen LogP contribution in [0.4, 0.5) is 0 Å². The minimum absolute atomic E-state index is 0.230. The van der Waals surface area contributed by atoms with Gasteiger partial charge in [-0.2, -0.15) is 0 Å². The number of nitrogens with zero attached hydrogens (tertiary/aromatic N) is 2. The Labute approximate surface area is 153 Å². The lowest BCUT2D eigenvalue weighted by molar-refractivity contribution is -0.117. The number of Topliss-reactive ketones (excluding diaryl/α,β-unsaturated/α-hetero) is 1. The monoisotopic (exact) mass is 355 g/mol. The van der Waals surface area contributed by atoms with Gasteiger partial charge in [0.25, 0.3) is 0 Å². The largest absolute Gasteiger partial charge is 0.490 e. The molecular weight excluding hydrogens is 330 g/mol. The number of aromatic amines is 1. The Balaban J connectivity index is 1.60. The van der Waals surface area contributed by atoms with Gasteiger partial charge in [-0.3, -0.25) is 4.68 Å². The molecule has 1 atom stereocenters. The fourth-order valence-corrected chi connectivity index (χ4v) is 2.97. The highest BCUT2D eigenvalue weighted by Crippen LogP contribution is 2.31. The molecule has 1 unspecified atom stereocenters. The van der Waals surface area contributed by atoms with Crippen LogP contribution in [0.25, 0.3) is 10.9 Å². The number of fused-ring (bicyclic) bond motifs is 1. The van der Waals surface area contributed by atoms with E-state index in [-0.39, 0.29) is 5.78 Å². The molecule has 6 heteroatoms. The number of hydrogen-bond donors (Lipinski definition) is 1. The van der Waals surface area contributed by atoms with Crippen LogP contribution < -0.4 is 9.47 Å². The Bertz CT molecular complexity index is 881. The van der Waals surface area contributed by atoms with Crippen molar-refractivity contribution in [3.05, 3.63) is 42.2 Å². The molecule has 3 rings (SSSR count). The molecule has 2 aromatic heterocycles. The van der Waals surface area contributed by atoms with Crippen LogP contribution in [-0.4, -0.2) is 33.8 Å². The van der Waals surface area contributed by atoms with Gasteiger partial charge in [0, 0.05) is 42.8 Å². The molecule has 1 aromatic carbocycles. The first-order valence-electron chi connectivity index (χ1n) is 8.88. The molecule has 0 bridgehead atoms. The van der Waals surface area contributed by atoms with Crippen molar-refractivity contribution in [3.8, 4) is 11.6 Å². The second-order valence-corrected chi connectivity index (χ2v) is 6.62. The van der Waals surface area contributed by atoms with Gasteiger partial charge in [-0.15, -0.1) is 5.10 Å². The number of ether oxygens (including phenoxy) is 2. The summed E-state index contributed by atoms with van der Waals surface area (Å²) in [7, 11) is 1.85. The number of hydrogen-bond acceptors (Lipinski definition) is 4. The van der Waals surface area contributed by atoms with Crippen molar-refractivity contribution >= 4 is 16.7 Å². The Hall–Kier alpha value is -2.76. The molecule has 0 spiro atoms. The van der Waals surface area contributed by atoms with Crippen LogP contribution in [0.2, 0.25) is 0 Å². The first-order valence-corrected chi connectivity index (χ1v) is 8.88. The van der Waals surface area contributed by atoms with E-state index in [2.05, 4.69) is 17.0 Å². The van der Waals surface area contributed by atoms with Gasteiger partial charge < -0.3 is 19.3 Å². The van der Waals surface area contributed by atoms with E-state index >= 15 is 0 Å². The molecule has 26 heavy (non-hydrogen) atoms. The summed E-state index contributed by atoms with van der Waals surface area (Å²) in [6.45, 7) is 4.67. The summed E-state index contributed by atoms with van der Waals surface area (Å²) >= 11 is 0. The average molecular weight is 355 g/mol. The number of rotatable bonds is 9. The third-order valence-electron chi connectivity index (χ3n) is 4.44. The van der Waals surface area contributed by atoms with E-state index in [1.807, 2.05) is 43.7 Å². The summed E-state index contributed by atoms with van der Waals surface area (Å²) in [5.41, 5.74) is 2.29. The lowest BCUT2D eigenvalue weighted by atomic mass is 9.95. The number of aryl methyl sites for hydroxylation is 1. The van der Waals surface area contributed by atoms with E-state index in [1.54, 1.807) is 11.6 Å². The molecule has 6 nitrogen and oxygen atoms in total. The van der Waals surface area contributed by atoms with E-state index in [4.69, 9.17) is 9.47 Å². The second kappa shape index (κ2) is 8.08. The van der Waals surface area contributed by atoms with Crippen molar-refractivity contribution in [3.63, 3.8) is 0 Å². The molecule has 138 valence electrons. The predicted molar refractivity (Wildman–Crippen MR) is 101 cm³/mol. The Morgan fingerprint density at radius 2 is 2.08 bits per heavy atom. The zero-order valence-corrected chi connectivity index (χ0v) is 15.5. The molecular formula is C20H25N3O3. The number of carbonyl (C=O) groups is 1. The molecule has 0 aliphatic carbocycles. The molecule has 1 N–H and O–H groups in total. The van der Waals surface area contributed by atoms with E-state index in [0.29, 0.717) is 31.4 Å². The summed E-state index contributed by atoms with van der Waals surface area (Å²) in [6.07, 6.45) is 5.33. The SMILES string of the molecule is CC(=O)CCC(C)c1c[nH]c2ccc(OCCOc3ccn(C)n3)cc12. The van der Waals surface area contributed by atoms with Crippen LogP contribution in [0.5, 0.6) is 11.6 Å². The molecule has 3 aromatic rings. The number of H-pyrrole nitrogens is 1. The number of aromatic nitrogens is 3. The van der Waals surface area contributed by atoms with E-state index in [0.717, 1.165) is 23.1 Å². The van der Waals surface area contributed by atoms with Crippen molar-refractivity contribution in [1.82, 2.24) is 14.8 Å². The third kappa shape index (κ3) is 4.45. The van der Waals surface area contributed by atoms with Crippen LogP contribution in [0.15, 0.2) is 36.7 Å². The zero-order valence-electron chi connectivity index (χ0n) is 15.5. The normalized spacial score (nSPS) is 12.3. The number of benzene rings is 1. The number of carbonyl (C=O) groups excluding carboxylic acids is 1. The lowest BCUT2D eigenvalue weighted by Gasteiger charge is -2.11. The minimum atomic E-state index is 0.230. The quantitative estimate of drug-likeness (QED) is 0.592. The van der Waals surface area contributed by atoms with Gasteiger partial charge >= 0.3 is 0 Å². The lowest BCUT2D eigenvalue weighted by Crippen LogP contribution is -2.09. The van der Waals surface area contributed by atoms with Gasteiger partial charge in [-0.05, 0) is 43.0 Å². The first-order chi connectivity index (χ1) is 12.5. The molecule has 0 aliphatic rings. The predicted octanol–water partition coefficient (Wildman–Crippen LogP) is 3.83. The highest BCUT2D eigenvalue weighted by molar-refractivity contribution is 5.85. The summed E-state index contributed by atoms with van der Waals surface area (Å²) in [5.74, 6) is 1.95. The molecule has 0 amide bonds. The maximum absolute atomic E-state index is 11.2. The molecule has 2 heterocycles. The van der Waals surface area contributed by atoms with Gasteiger partial charge in [0.1, 0.15) is 24.7 Å². The highest BCUT2D eigenvalue weighted by Gasteiger charge is 2.13. The van der Waals surface area contributed by atoms with Gasteiger partial charge in [0.15, 0.2) is 0 Å². The van der Waals surface area contributed by atoms with Crippen LogP contribution >= 0.6 is 0 Å². The highest BCUT2D eigenvalue weighted by atomic mass is 16.5.